The number of aliphatic hydroxyl groups excluding tert-OH is 2. The van der Waals surface area contributed by atoms with Crippen LogP contribution in [-0.4, -0.2) is 44.6 Å². The van der Waals surface area contributed by atoms with E-state index in [9.17, 15) is 9.59 Å². The molecular formula is C18H32O6. The molecule has 0 aliphatic heterocycles. The highest BCUT2D eigenvalue weighted by Crippen LogP contribution is 2.07. The van der Waals surface area contributed by atoms with Crippen LogP contribution in [0.4, 0.5) is 0 Å². The molecule has 0 aliphatic rings. The lowest BCUT2D eigenvalue weighted by Crippen LogP contribution is -2.12. The molecule has 2 atom stereocenters. The molecule has 0 aliphatic carbocycles. The Morgan fingerprint density at radius 2 is 1.08 bits per heavy atom. The molecule has 0 saturated heterocycles. The number of carbonyl (C=O) groups is 2. The summed E-state index contributed by atoms with van der Waals surface area (Å²) in [6.45, 7) is 7.14. The van der Waals surface area contributed by atoms with E-state index < -0.39 is 24.1 Å². The number of carboxylic acid groups (broad SMARTS) is 2. The lowest BCUT2D eigenvalue weighted by molar-refractivity contribution is -0.140. The monoisotopic (exact) mass is 344 g/mol. The van der Waals surface area contributed by atoms with E-state index in [1.165, 1.54) is 0 Å². The van der Waals surface area contributed by atoms with Crippen molar-refractivity contribution in [2.75, 3.05) is 0 Å². The second kappa shape index (κ2) is 17.7. The van der Waals surface area contributed by atoms with Crippen LogP contribution in [0.5, 0.6) is 0 Å². The summed E-state index contributed by atoms with van der Waals surface area (Å²) in [5.41, 5.74) is 0. The van der Waals surface area contributed by atoms with E-state index in [2.05, 4.69) is 13.2 Å². The average molecular weight is 344 g/mol. The summed E-state index contributed by atoms with van der Waals surface area (Å²) in [4.78, 5) is 20.2. The van der Waals surface area contributed by atoms with Crippen molar-refractivity contribution in [3.63, 3.8) is 0 Å². The summed E-state index contributed by atoms with van der Waals surface area (Å²) in [6, 6.07) is 0. The third kappa shape index (κ3) is 22.6. The van der Waals surface area contributed by atoms with Gasteiger partial charge < -0.3 is 20.4 Å². The molecule has 0 aromatic carbocycles. The van der Waals surface area contributed by atoms with Crippen molar-refractivity contribution in [1.29, 1.82) is 0 Å². The minimum atomic E-state index is -0.939. The summed E-state index contributed by atoms with van der Waals surface area (Å²) in [6.07, 6.45) is 8.65. The molecule has 0 spiro atoms. The number of unbranched alkanes of at least 4 members (excludes halogenated alkanes) is 4. The molecule has 4 N–H and O–H groups in total. The number of hydrogen-bond acceptors (Lipinski definition) is 4. The number of aliphatic carboxylic acids is 2. The molecule has 0 radical (unpaired) electrons. The fraction of sp³-hybridized carbons (Fsp3) is 0.667. The Kier molecular flexibility index (Phi) is 18.1. The average Bonchev–Trinajstić information content (AvgIpc) is 2.47. The van der Waals surface area contributed by atoms with E-state index in [0.717, 1.165) is 38.5 Å². The number of hydrogen-bond donors (Lipinski definition) is 4. The van der Waals surface area contributed by atoms with E-state index in [-0.39, 0.29) is 12.8 Å². The van der Waals surface area contributed by atoms with E-state index in [1.807, 2.05) is 12.2 Å². The zero-order chi connectivity index (χ0) is 18.8. The molecular weight excluding hydrogens is 312 g/mol. The van der Waals surface area contributed by atoms with Crippen molar-refractivity contribution < 1.29 is 30.0 Å². The molecule has 0 rings (SSSR count). The van der Waals surface area contributed by atoms with Gasteiger partial charge in [0.15, 0.2) is 0 Å². The molecule has 0 aromatic heterocycles. The zero-order valence-electron chi connectivity index (χ0n) is 14.4. The zero-order valence-corrected chi connectivity index (χ0v) is 14.4. The number of aliphatic hydroxyl groups is 2. The molecule has 6 nitrogen and oxygen atoms in total. The highest BCUT2D eigenvalue weighted by molar-refractivity contribution is 5.67. The second-order valence-corrected chi connectivity index (χ2v) is 5.65. The van der Waals surface area contributed by atoms with Gasteiger partial charge in [-0.1, -0.05) is 25.0 Å². The highest BCUT2D eigenvalue weighted by Gasteiger charge is 2.08. The molecule has 140 valence electrons. The maximum Gasteiger partial charge on any atom is 0.305 e. The first-order chi connectivity index (χ1) is 11.3. The van der Waals surface area contributed by atoms with Crippen LogP contribution in [0.1, 0.15) is 64.2 Å². The third-order valence-electron chi connectivity index (χ3n) is 3.21. The van der Waals surface area contributed by atoms with Gasteiger partial charge in [0.05, 0.1) is 25.0 Å². The summed E-state index contributed by atoms with van der Waals surface area (Å²) in [7, 11) is 0. The minimum absolute atomic E-state index is 0.145. The van der Waals surface area contributed by atoms with Crippen molar-refractivity contribution in [2.24, 2.45) is 0 Å². The molecule has 0 heterocycles. The largest absolute Gasteiger partial charge is 0.481 e. The predicted molar refractivity (Wildman–Crippen MR) is 93.8 cm³/mol. The van der Waals surface area contributed by atoms with Crippen LogP contribution in [-0.2, 0) is 9.59 Å². The van der Waals surface area contributed by atoms with Crippen LogP contribution in [0, 0.1) is 0 Å². The van der Waals surface area contributed by atoms with Crippen LogP contribution in [0.25, 0.3) is 0 Å². The van der Waals surface area contributed by atoms with E-state index in [4.69, 9.17) is 20.4 Å². The van der Waals surface area contributed by atoms with Gasteiger partial charge in [-0.3, -0.25) is 9.59 Å². The Morgan fingerprint density at radius 3 is 1.33 bits per heavy atom. The topological polar surface area (TPSA) is 115 Å². The first kappa shape index (κ1) is 24.6. The van der Waals surface area contributed by atoms with E-state index >= 15 is 0 Å². The SMILES string of the molecule is C=CCCCCC(O)CC(=O)O.C=CCCCCC(O)CC(=O)O. The Morgan fingerprint density at radius 1 is 0.750 bits per heavy atom. The normalized spacial score (nSPS) is 12.4. The van der Waals surface area contributed by atoms with Gasteiger partial charge >= 0.3 is 11.9 Å². The molecule has 0 fully saturated rings. The number of rotatable bonds is 14. The van der Waals surface area contributed by atoms with Crippen LogP contribution < -0.4 is 0 Å². The molecule has 2 unspecified atom stereocenters. The molecule has 24 heavy (non-hydrogen) atoms. The Hall–Kier alpha value is -1.66. The highest BCUT2D eigenvalue weighted by atomic mass is 16.4. The van der Waals surface area contributed by atoms with Gasteiger partial charge in [0.2, 0.25) is 0 Å². The predicted octanol–water partition coefficient (Wildman–Crippen LogP) is 3.14. The summed E-state index contributed by atoms with van der Waals surface area (Å²) in [5.74, 6) is -1.88. The maximum absolute atomic E-state index is 10.1. The number of allylic oxidation sites excluding steroid dienone is 2. The van der Waals surface area contributed by atoms with Crippen molar-refractivity contribution in [2.45, 2.75) is 76.4 Å². The molecule has 6 heteroatoms. The minimum Gasteiger partial charge on any atom is -0.481 e. The first-order valence-electron chi connectivity index (χ1n) is 8.34. The molecule has 0 bridgehead atoms. The first-order valence-corrected chi connectivity index (χ1v) is 8.34. The lowest BCUT2D eigenvalue weighted by Gasteiger charge is -2.05. The standard InChI is InChI=1S/2C9H16O3/c2*1-2-3-4-5-6-8(10)7-9(11)12/h2*2,8,10H,1,3-7H2,(H,11,12). The quantitative estimate of drug-likeness (QED) is 0.284. The fourth-order valence-corrected chi connectivity index (χ4v) is 1.94. The van der Waals surface area contributed by atoms with Crippen molar-refractivity contribution in [1.82, 2.24) is 0 Å². The van der Waals surface area contributed by atoms with Gasteiger partial charge in [0, 0.05) is 0 Å². The van der Waals surface area contributed by atoms with Crippen LogP contribution in [0.3, 0.4) is 0 Å². The van der Waals surface area contributed by atoms with Gasteiger partial charge in [0.1, 0.15) is 0 Å². The van der Waals surface area contributed by atoms with Crippen LogP contribution >= 0.6 is 0 Å². The van der Waals surface area contributed by atoms with Gasteiger partial charge in [0.25, 0.3) is 0 Å². The van der Waals surface area contributed by atoms with Crippen LogP contribution in [0.15, 0.2) is 25.3 Å². The molecule has 0 saturated carbocycles. The second-order valence-electron chi connectivity index (χ2n) is 5.65. The third-order valence-corrected chi connectivity index (χ3v) is 3.21. The Labute approximate surface area is 144 Å². The van der Waals surface area contributed by atoms with E-state index in [0.29, 0.717) is 12.8 Å². The summed E-state index contributed by atoms with van der Waals surface area (Å²) in [5, 5.41) is 34.8. The van der Waals surface area contributed by atoms with Gasteiger partial charge in [-0.05, 0) is 38.5 Å². The van der Waals surface area contributed by atoms with Crippen molar-refractivity contribution in [3.05, 3.63) is 25.3 Å². The smallest absolute Gasteiger partial charge is 0.305 e. The van der Waals surface area contributed by atoms with Crippen molar-refractivity contribution >= 4 is 11.9 Å². The van der Waals surface area contributed by atoms with E-state index in [1.54, 1.807) is 0 Å². The van der Waals surface area contributed by atoms with Crippen LogP contribution in [0.2, 0.25) is 0 Å². The summed E-state index contributed by atoms with van der Waals surface area (Å²) >= 11 is 0. The lowest BCUT2D eigenvalue weighted by atomic mass is 10.1. The van der Waals surface area contributed by atoms with Gasteiger partial charge in [-0.15, -0.1) is 13.2 Å². The van der Waals surface area contributed by atoms with Gasteiger partial charge in [-0.25, -0.2) is 0 Å². The Bertz CT molecular complexity index is 319. The Balaban J connectivity index is 0. The number of carboxylic acids is 2. The summed E-state index contributed by atoms with van der Waals surface area (Å²) < 4.78 is 0. The fourth-order valence-electron chi connectivity index (χ4n) is 1.94. The molecule has 0 amide bonds. The molecule has 0 aromatic rings. The van der Waals surface area contributed by atoms with Gasteiger partial charge in [-0.2, -0.15) is 0 Å². The maximum atomic E-state index is 10.1. The van der Waals surface area contributed by atoms with Crippen molar-refractivity contribution in [3.8, 4) is 0 Å².